The first-order chi connectivity index (χ1) is 15.8. The lowest BCUT2D eigenvalue weighted by atomic mass is 10.0. The number of benzene rings is 1. The number of carbonyl (C=O) groups excluding carboxylic acids is 3. The van der Waals surface area contributed by atoms with Crippen LogP contribution >= 0.6 is 11.8 Å². The van der Waals surface area contributed by atoms with Gasteiger partial charge in [0, 0.05) is 37.6 Å². The molecule has 1 aromatic carbocycles. The predicted molar refractivity (Wildman–Crippen MR) is 119 cm³/mol. The third-order valence-corrected chi connectivity index (χ3v) is 7.04. The fourth-order valence-corrected chi connectivity index (χ4v) is 4.90. The molecule has 1 heterocycles. The molecule has 1 aliphatic heterocycles. The topological polar surface area (TPSA) is 127 Å². The zero-order valence-corrected chi connectivity index (χ0v) is 20.0. The van der Waals surface area contributed by atoms with Crippen molar-refractivity contribution in [2.24, 2.45) is 11.7 Å². The molecule has 4 N–H and O–H groups in total. The van der Waals surface area contributed by atoms with Crippen molar-refractivity contribution in [1.29, 1.82) is 0 Å². The monoisotopic (exact) mass is 504 g/mol. The number of carboxylic acid groups (broad SMARTS) is 1. The van der Waals surface area contributed by atoms with E-state index >= 15 is 0 Å². The Hall–Kier alpha value is -2.44. The number of amides is 3. The van der Waals surface area contributed by atoms with Gasteiger partial charge in [0.2, 0.25) is 5.91 Å². The molecule has 0 bridgehead atoms. The van der Waals surface area contributed by atoms with E-state index in [1.54, 1.807) is 13.8 Å². The average molecular weight is 505 g/mol. The number of hydrogen-bond acceptors (Lipinski definition) is 6. The fourth-order valence-electron chi connectivity index (χ4n) is 4.27. The van der Waals surface area contributed by atoms with E-state index in [1.807, 2.05) is 0 Å². The van der Waals surface area contributed by atoms with Crippen LogP contribution in [0, 0.1) is 23.4 Å². The van der Waals surface area contributed by atoms with E-state index in [0.717, 1.165) is 11.8 Å². The summed E-state index contributed by atoms with van der Waals surface area (Å²) in [5, 5.41) is 12.4. The minimum Gasteiger partial charge on any atom is -0.435 e. The second-order valence-electron chi connectivity index (χ2n) is 8.75. The lowest BCUT2D eigenvalue weighted by Crippen LogP contribution is -2.61. The molecular formula is C22H29F3N3O5S+. The molecule has 0 saturated carbocycles. The molecule has 1 aromatic rings. The van der Waals surface area contributed by atoms with Gasteiger partial charge in [-0.1, -0.05) is 11.8 Å². The van der Waals surface area contributed by atoms with Crippen molar-refractivity contribution in [2.45, 2.75) is 58.2 Å². The number of nitrogens with two attached hydrogens (primary N) is 1. The van der Waals surface area contributed by atoms with Crippen LogP contribution in [-0.2, 0) is 20.8 Å². The normalized spacial score (nSPS) is 23.9. The van der Waals surface area contributed by atoms with Crippen molar-refractivity contribution >= 4 is 34.8 Å². The zero-order valence-electron chi connectivity index (χ0n) is 19.1. The van der Waals surface area contributed by atoms with Crippen LogP contribution in [0.1, 0.15) is 39.2 Å². The Balaban J connectivity index is 2.02. The van der Waals surface area contributed by atoms with Gasteiger partial charge in [-0.05, 0) is 31.9 Å². The number of thioether (sulfide) groups is 1. The smallest absolute Gasteiger partial charge is 0.435 e. The van der Waals surface area contributed by atoms with Crippen LogP contribution in [0.3, 0.4) is 0 Å². The molecule has 5 atom stereocenters. The molecule has 8 nitrogen and oxygen atoms in total. The Labute approximate surface area is 199 Å². The highest BCUT2D eigenvalue weighted by molar-refractivity contribution is 8.13. The molecule has 0 aromatic heterocycles. The first-order valence-corrected chi connectivity index (χ1v) is 11.7. The number of halogens is 3. The highest BCUT2D eigenvalue weighted by Crippen LogP contribution is 2.31. The van der Waals surface area contributed by atoms with Gasteiger partial charge in [-0.2, -0.15) is 9.28 Å². The number of carbonyl (C=O) groups is 4. The summed E-state index contributed by atoms with van der Waals surface area (Å²) in [5.74, 6) is -5.15. The predicted octanol–water partition coefficient (Wildman–Crippen LogP) is 2.58. The van der Waals surface area contributed by atoms with Gasteiger partial charge < -0.3 is 16.2 Å². The standard InChI is InChI=1S/C22H28F3N3O5S/c1-11(10-34-13(3)29)21(31)28(22(32)33)9-16(4-12(28)2)27-20(30)7-15(26)5-14-6-18(24)19(25)8-17(14)23/h6,8,11-12,15-16H,4-5,7,9-10,26H2,1-3H3,(H-,27,30,32,33)/p+1/t11-,12?,15-,16+,28?/m1/s1. The number of nitrogens with zero attached hydrogens (tertiary/aromatic N) is 1. The van der Waals surface area contributed by atoms with Gasteiger partial charge in [-0.3, -0.25) is 9.59 Å². The third-order valence-electron chi connectivity index (χ3n) is 5.96. The maximum absolute atomic E-state index is 13.8. The van der Waals surface area contributed by atoms with Crippen LogP contribution in [0.5, 0.6) is 0 Å². The Morgan fingerprint density at radius 1 is 1.21 bits per heavy atom. The van der Waals surface area contributed by atoms with Crippen LogP contribution in [0.2, 0.25) is 0 Å². The lowest BCUT2D eigenvalue weighted by molar-refractivity contribution is -0.794. The number of rotatable bonds is 8. The van der Waals surface area contributed by atoms with Gasteiger partial charge in [0.15, 0.2) is 16.7 Å². The summed E-state index contributed by atoms with van der Waals surface area (Å²) in [5.41, 5.74) is 5.72. The first kappa shape index (κ1) is 27.8. The average Bonchev–Trinajstić information content (AvgIpc) is 3.05. The van der Waals surface area contributed by atoms with Crippen LogP contribution in [-0.4, -0.2) is 63.0 Å². The van der Waals surface area contributed by atoms with Gasteiger partial charge in [0.1, 0.15) is 18.4 Å². The minimum atomic E-state index is -1.33. The fraction of sp³-hybridized carbons (Fsp3) is 0.545. The van der Waals surface area contributed by atoms with Crippen LogP contribution in [0.4, 0.5) is 18.0 Å². The molecule has 12 heteroatoms. The van der Waals surface area contributed by atoms with E-state index in [4.69, 9.17) is 5.73 Å². The highest BCUT2D eigenvalue weighted by atomic mass is 32.2. The minimum absolute atomic E-state index is 0.153. The van der Waals surface area contributed by atoms with E-state index in [0.29, 0.717) is 12.1 Å². The molecule has 0 radical (unpaired) electrons. The molecular weight excluding hydrogens is 475 g/mol. The van der Waals surface area contributed by atoms with Crippen molar-refractivity contribution in [3.63, 3.8) is 0 Å². The second-order valence-corrected chi connectivity index (χ2v) is 9.95. The van der Waals surface area contributed by atoms with E-state index in [1.165, 1.54) is 6.92 Å². The van der Waals surface area contributed by atoms with E-state index < -0.39 is 63.9 Å². The summed E-state index contributed by atoms with van der Waals surface area (Å²) < 4.78 is 39.4. The molecule has 3 amide bonds. The molecule has 1 saturated heterocycles. The van der Waals surface area contributed by atoms with Gasteiger partial charge >= 0.3 is 12.0 Å². The molecule has 34 heavy (non-hydrogen) atoms. The number of hydrogen-bond donors (Lipinski definition) is 3. The quantitative estimate of drug-likeness (QED) is 0.367. The lowest BCUT2D eigenvalue weighted by Gasteiger charge is -2.31. The zero-order chi connectivity index (χ0) is 25.8. The van der Waals surface area contributed by atoms with Crippen molar-refractivity contribution in [3.05, 3.63) is 35.1 Å². The number of nitrogens with one attached hydrogen (secondary N) is 1. The number of imide groups is 1. The van der Waals surface area contributed by atoms with E-state index in [9.17, 15) is 37.5 Å². The number of likely N-dealkylation sites (tertiary alicyclic amines) is 1. The second kappa shape index (κ2) is 11.3. The van der Waals surface area contributed by atoms with Gasteiger partial charge in [0.05, 0.1) is 12.0 Å². The van der Waals surface area contributed by atoms with Gasteiger partial charge in [-0.15, -0.1) is 0 Å². The van der Waals surface area contributed by atoms with Crippen molar-refractivity contribution in [3.8, 4) is 0 Å². The van der Waals surface area contributed by atoms with Crippen molar-refractivity contribution < 1.29 is 41.9 Å². The van der Waals surface area contributed by atoms with Crippen molar-refractivity contribution in [2.75, 3.05) is 12.3 Å². The Kier molecular flexibility index (Phi) is 9.26. The van der Waals surface area contributed by atoms with Crippen LogP contribution in [0.25, 0.3) is 0 Å². The largest absolute Gasteiger partial charge is 0.521 e. The maximum Gasteiger partial charge on any atom is 0.521 e. The summed E-state index contributed by atoms with van der Waals surface area (Å²) in [6, 6.07) is -1.04. The summed E-state index contributed by atoms with van der Waals surface area (Å²) in [7, 11) is 0. The van der Waals surface area contributed by atoms with Crippen LogP contribution < -0.4 is 11.1 Å². The molecule has 0 spiro atoms. The Bertz CT molecular complexity index is 979. The SMILES string of the molecule is CC(=O)SC[C@@H](C)C(=O)[N+]1(C(=O)O)C[C@@H](NC(=O)C[C@H](N)Cc2cc(F)c(F)cc2F)CC1C. The summed E-state index contributed by atoms with van der Waals surface area (Å²) >= 11 is 0.942. The molecule has 1 fully saturated rings. The summed E-state index contributed by atoms with van der Waals surface area (Å²) in [4.78, 5) is 48.9. The molecule has 1 aliphatic rings. The third kappa shape index (κ3) is 6.36. The molecule has 2 rings (SSSR count). The van der Waals surface area contributed by atoms with Gasteiger partial charge in [0.25, 0.3) is 0 Å². The maximum atomic E-state index is 13.8. The molecule has 188 valence electrons. The Morgan fingerprint density at radius 2 is 1.82 bits per heavy atom. The summed E-state index contributed by atoms with van der Waals surface area (Å²) in [6.07, 6.45) is -1.59. The molecule has 0 aliphatic carbocycles. The molecule has 2 unspecified atom stereocenters. The highest BCUT2D eigenvalue weighted by Gasteiger charge is 2.57. The van der Waals surface area contributed by atoms with E-state index in [2.05, 4.69) is 5.32 Å². The van der Waals surface area contributed by atoms with Gasteiger partial charge in [-0.25, -0.2) is 18.0 Å². The van der Waals surface area contributed by atoms with Crippen LogP contribution in [0.15, 0.2) is 12.1 Å². The summed E-state index contributed by atoms with van der Waals surface area (Å²) in [6.45, 7) is 4.37. The Morgan fingerprint density at radius 3 is 2.41 bits per heavy atom. The van der Waals surface area contributed by atoms with Crippen molar-refractivity contribution in [1.82, 2.24) is 5.32 Å². The van der Waals surface area contributed by atoms with E-state index in [-0.39, 0.29) is 42.2 Å². The number of quaternary nitrogens is 1. The first-order valence-electron chi connectivity index (χ1n) is 10.7.